The first-order chi connectivity index (χ1) is 30.1. The Morgan fingerprint density at radius 1 is 0.393 bits per heavy atom. The summed E-state index contributed by atoms with van der Waals surface area (Å²) in [7, 11) is 0. The van der Waals surface area contributed by atoms with Gasteiger partial charge in [-0.3, -0.25) is 0 Å². The SMILES string of the molecule is CCCCCCCCC(CCCCCC)Cc1ccc(-c2c(-c3ccc(CC(CCCCCC)CCCCCCCC)s3)c(-c3cccs3)c3nsnc3c2-c2cccs2)s1. The lowest BCUT2D eigenvalue weighted by atomic mass is 9.89. The number of fused-ring (bicyclic) bond motifs is 1. The van der Waals surface area contributed by atoms with Crippen molar-refractivity contribution in [3.63, 3.8) is 0 Å². The predicted octanol–water partition coefficient (Wildman–Crippen LogP) is 20.4. The molecule has 7 heteroatoms. The Morgan fingerprint density at radius 2 is 0.754 bits per heavy atom. The maximum Gasteiger partial charge on any atom is 0.114 e. The fourth-order valence-corrected chi connectivity index (χ4v) is 13.9. The summed E-state index contributed by atoms with van der Waals surface area (Å²) in [6, 6.07) is 19.0. The number of aromatic nitrogens is 2. The van der Waals surface area contributed by atoms with Gasteiger partial charge >= 0.3 is 0 Å². The molecule has 332 valence electrons. The number of hydrogen-bond acceptors (Lipinski definition) is 7. The average molecular weight is 914 g/mol. The van der Waals surface area contributed by atoms with Crippen molar-refractivity contribution in [1.29, 1.82) is 0 Å². The van der Waals surface area contributed by atoms with Crippen LogP contribution < -0.4 is 0 Å². The first-order valence-corrected chi connectivity index (χ1v) is 28.8. The van der Waals surface area contributed by atoms with Gasteiger partial charge in [0.1, 0.15) is 11.0 Å². The van der Waals surface area contributed by atoms with E-state index in [0.717, 1.165) is 22.9 Å². The second-order valence-corrected chi connectivity index (χ2v) is 22.7. The fraction of sp³-hybridized carbons (Fsp3) is 0.593. The summed E-state index contributed by atoms with van der Waals surface area (Å²) in [5, 5.41) is 4.47. The second kappa shape index (κ2) is 27.2. The van der Waals surface area contributed by atoms with E-state index < -0.39 is 0 Å². The highest BCUT2D eigenvalue weighted by Gasteiger charge is 2.29. The summed E-state index contributed by atoms with van der Waals surface area (Å²) >= 11 is 9.18. The Labute approximate surface area is 391 Å². The predicted molar refractivity (Wildman–Crippen MR) is 279 cm³/mol. The lowest BCUT2D eigenvalue weighted by molar-refractivity contribution is 0.404. The van der Waals surface area contributed by atoms with Gasteiger partial charge in [-0.25, -0.2) is 0 Å². The minimum absolute atomic E-state index is 0.767. The Balaban J connectivity index is 1.37. The maximum atomic E-state index is 5.12. The van der Waals surface area contributed by atoms with E-state index >= 15 is 0 Å². The van der Waals surface area contributed by atoms with E-state index in [9.17, 15) is 0 Å². The van der Waals surface area contributed by atoms with Crippen LogP contribution in [-0.4, -0.2) is 8.75 Å². The van der Waals surface area contributed by atoms with Crippen LogP contribution in [0.25, 0.3) is 52.8 Å². The van der Waals surface area contributed by atoms with Crippen LogP contribution in [0.3, 0.4) is 0 Å². The Hall–Kier alpha value is -2.16. The van der Waals surface area contributed by atoms with Gasteiger partial charge in [-0.1, -0.05) is 194 Å². The molecule has 5 aromatic heterocycles. The highest BCUT2D eigenvalue weighted by molar-refractivity contribution is 7.17. The minimum atomic E-state index is 0.767. The molecule has 0 N–H and O–H groups in total. The molecule has 1 aromatic carbocycles. The van der Waals surface area contributed by atoms with Crippen LogP contribution in [0.2, 0.25) is 0 Å². The summed E-state index contributed by atoms with van der Waals surface area (Å²) in [4.78, 5) is 8.45. The topological polar surface area (TPSA) is 25.8 Å². The second-order valence-electron chi connectivity index (χ2n) is 17.9. The number of nitrogens with zero attached hydrogens (tertiary/aromatic N) is 2. The molecule has 0 saturated heterocycles. The molecule has 0 radical (unpaired) electrons. The molecule has 5 heterocycles. The molecule has 0 bridgehead atoms. The van der Waals surface area contributed by atoms with Crippen LogP contribution in [0.15, 0.2) is 59.3 Å². The van der Waals surface area contributed by atoms with E-state index in [1.54, 1.807) is 9.75 Å². The van der Waals surface area contributed by atoms with Gasteiger partial charge in [0.2, 0.25) is 0 Å². The molecular formula is C54H76N2S5. The summed E-state index contributed by atoms with van der Waals surface area (Å²) in [5.41, 5.74) is 7.41. The lowest BCUT2D eigenvalue weighted by Gasteiger charge is -2.18. The van der Waals surface area contributed by atoms with Crippen LogP contribution in [-0.2, 0) is 12.8 Å². The molecule has 0 aliphatic carbocycles. The van der Waals surface area contributed by atoms with E-state index in [1.807, 2.05) is 22.7 Å². The standard InChI is InChI=1S/C54H76N2S5/c1-5-9-13-17-19-23-29-41(27-21-15-11-7-3)39-43-33-35-47(59-43)49-50(52(46-32-26-38-58-46)54-53(55-61-56-54)51(49)45-31-25-37-57-45)48-36-34-44(60-48)40-42(28-22-16-12-8-4)30-24-20-18-14-10-6-2/h25-26,31-38,41-42H,5-24,27-30,39-40H2,1-4H3. The van der Waals surface area contributed by atoms with Gasteiger partial charge in [0.15, 0.2) is 0 Å². The van der Waals surface area contributed by atoms with Crippen LogP contribution in [0.4, 0.5) is 0 Å². The van der Waals surface area contributed by atoms with Crippen molar-refractivity contribution in [2.24, 2.45) is 11.8 Å². The first kappa shape index (κ1) is 48.3. The molecule has 0 fully saturated rings. The van der Waals surface area contributed by atoms with Gasteiger partial charge in [-0.05, 0) is 71.8 Å². The van der Waals surface area contributed by atoms with Gasteiger partial charge in [0.05, 0.1) is 11.7 Å². The molecule has 2 nitrogen and oxygen atoms in total. The monoisotopic (exact) mass is 912 g/mol. The molecule has 2 atom stereocenters. The van der Waals surface area contributed by atoms with Gasteiger partial charge in [-0.2, -0.15) is 8.75 Å². The van der Waals surface area contributed by atoms with Crippen LogP contribution >= 0.6 is 57.1 Å². The van der Waals surface area contributed by atoms with Crippen molar-refractivity contribution in [3.05, 3.63) is 69.0 Å². The fourth-order valence-electron chi connectivity index (χ4n) is 9.47. The first-order valence-electron chi connectivity index (χ1n) is 24.7. The quantitative estimate of drug-likeness (QED) is 0.0394. The zero-order valence-corrected chi connectivity index (χ0v) is 42.3. The molecule has 6 rings (SSSR count). The van der Waals surface area contributed by atoms with E-state index in [4.69, 9.17) is 8.75 Å². The Morgan fingerprint density at radius 3 is 1.11 bits per heavy atom. The average Bonchev–Trinajstić information content (AvgIpc) is 4.14. The van der Waals surface area contributed by atoms with Crippen molar-refractivity contribution in [3.8, 4) is 41.8 Å². The molecule has 0 aliphatic rings. The molecule has 0 aliphatic heterocycles. The van der Waals surface area contributed by atoms with Crippen LogP contribution in [0.5, 0.6) is 0 Å². The molecular weight excluding hydrogens is 837 g/mol. The maximum absolute atomic E-state index is 5.12. The van der Waals surface area contributed by atoms with Crippen molar-refractivity contribution >= 4 is 68.1 Å². The normalized spacial score (nSPS) is 12.9. The van der Waals surface area contributed by atoms with E-state index in [1.165, 1.54) is 220 Å². The van der Waals surface area contributed by atoms with Gasteiger partial charge in [0.25, 0.3) is 0 Å². The highest BCUT2D eigenvalue weighted by Crippen LogP contribution is 2.54. The Kier molecular flexibility index (Phi) is 21.6. The Bertz CT molecular complexity index is 1900. The summed E-state index contributed by atoms with van der Waals surface area (Å²) < 4.78 is 10.2. The number of unbranched alkanes of at least 4 members (excludes halogenated alkanes) is 16. The van der Waals surface area contributed by atoms with Crippen molar-refractivity contribution in [2.75, 3.05) is 0 Å². The molecule has 2 unspecified atom stereocenters. The number of benzene rings is 1. The third-order valence-corrected chi connectivity index (χ3v) is 17.5. The summed E-state index contributed by atoms with van der Waals surface area (Å²) in [6.07, 6.45) is 35.3. The zero-order chi connectivity index (χ0) is 42.5. The lowest BCUT2D eigenvalue weighted by Crippen LogP contribution is -2.04. The molecule has 0 amide bonds. The van der Waals surface area contributed by atoms with Gasteiger partial charge < -0.3 is 0 Å². The molecule has 0 saturated carbocycles. The molecule has 0 spiro atoms. The molecule has 61 heavy (non-hydrogen) atoms. The van der Waals surface area contributed by atoms with Gasteiger partial charge in [0, 0.05) is 51.5 Å². The summed E-state index contributed by atoms with van der Waals surface area (Å²) in [6.45, 7) is 9.32. The summed E-state index contributed by atoms with van der Waals surface area (Å²) in [5.74, 6) is 1.53. The number of hydrogen-bond donors (Lipinski definition) is 0. The molecule has 6 aromatic rings. The number of rotatable bonds is 32. The van der Waals surface area contributed by atoms with Crippen molar-refractivity contribution < 1.29 is 0 Å². The van der Waals surface area contributed by atoms with E-state index in [2.05, 4.69) is 110 Å². The zero-order valence-electron chi connectivity index (χ0n) is 38.2. The highest BCUT2D eigenvalue weighted by atomic mass is 32.1. The van der Waals surface area contributed by atoms with E-state index in [-0.39, 0.29) is 0 Å². The third-order valence-electron chi connectivity index (χ3n) is 12.9. The van der Waals surface area contributed by atoms with Crippen LogP contribution in [0, 0.1) is 11.8 Å². The number of thiophene rings is 4. The largest absolute Gasteiger partial charge is 0.172 e. The minimum Gasteiger partial charge on any atom is -0.172 e. The van der Waals surface area contributed by atoms with Crippen molar-refractivity contribution in [2.45, 2.75) is 195 Å². The van der Waals surface area contributed by atoms with Gasteiger partial charge in [-0.15, -0.1) is 45.3 Å². The smallest absolute Gasteiger partial charge is 0.114 e. The third kappa shape index (κ3) is 14.4. The van der Waals surface area contributed by atoms with Crippen molar-refractivity contribution in [1.82, 2.24) is 8.75 Å². The van der Waals surface area contributed by atoms with E-state index in [0.29, 0.717) is 0 Å². The van der Waals surface area contributed by atoms with Crippen LogP contribution in [0.1, 0.15) is 192 Å².